The van der Waals surface area contributed by atoms with Gasteiger partial charge in [0.05, 0.1) is 5.56 Å². The molecule has 0 aliphatic heterocycles. The summed E-state index contributed by atoms with van der Waals surface area (Å²) < 4.78 is 12.1. The Bertz CT molecular complexity index is 388. The second-order valence-corrected chi connectivity index (χ2v) is 3.08. The van der Waals surface area contributed by atoms with E-state index in [2.05, 4.69) is 0 Å². The monoisotopic (exact) mass is 206 g/mol. The van der Waals surface area contributed by atoms with Crippen molar-refractivity contribution in [3.8, 4) is 5.75 Å². The Morgan fingerprint density at radius 3 is 2.73 bits per heavy atom. The van der Waals surface area contributed by atoms with Crippen molar-refractivity contribution in [2.24, 2.45) is 0 Å². The molecule has 1 aromatic carbocycles. The van der Waals surface area contributed by atoms with Crippen molar-refractivity contribution in [1.29, 1.82) is 0 Å². The summed E-state index contributed by atoms with van der Waals surface area (Å²) in [5.41, 5.74) is 0.609. The molecule has 0 aliphatic carbocycles. The molecule has 0 heterocycles. The second kappa shape index (κ2) is 5.34. The van der Waals surface area contributed by atoms with E-state index in [0.29, 0.717) is 12.8 Å². The summed E-state index contributed by atoms with van der Waals surface area (Å²) >= 11 is 0. The summed E-state index contributed by atoms with van der Waals surface area (Å²) in [6.07, 6.45) is 1.24. The lowest BCUT2D eigenvalue weighted by Gasteiger charge is -2.04. The largest absolute Gasteiger partial charge is 0.507 e. The highest BCUT2D eigenvalue weighted by Gasteiger charge is 2.13. The summed E-state index contributed by atoms with van der Waals surface area (Å²) in [6, 6.07) is 6.27. The number of phenolic OH excluding ortho intramolecular Hbond substituents is 1. The number of carbonyl (C=O) groups is 1. The zero-order valence-electron chi connectivity index (χ0n) is 8.53. The average Bonchev–Trinajstić information content (AvgIpc) is 2.25. The van der Waals surface area contributed by atoms with E-state index in [1.54, 1.807) is 19.0 Å². The highest BCUT2D eigenvalue weighted by molar-refractivity contribution is 6.54. The van der Waals surface area contributed by atoms with Gasteiger partial charge in [0.15, 0.2) is 13.1 Å². The number of aromatic hydroxyl groups is 1. The van der Waals surface area contributed by atoms with Crippen LogP contribution in [-0.4, -0.2) is 24.8 Å². The van der Waals surface area contributed by atoms with Gasteiger partial charge >= 0.3 is 0 Å². The fourth-order valence-electron chi connectivity index (χ4n) is 1.33. The standard InChI is InChI=1S/C11H12BFO2/c1-12-9(6-7-13)11(15)8-4-2-3-5-10(8)14/h2-6,12,14H,7H2,1H3/b9-6-. The molecule has 15 heavy (non-hydrogen) atoms. The number of benzene rings is 1. The molecule has 0 unspecified atom stereocenters. The first-order valence-electron chi connectivity index (χ1n) is 4.78. The van der Waals surface area contributed by atoms with Gasteiger partial charge in [0.2, 0.25) is 0 Å². The normalized spacial score (nSPS) is 11.2. The average molecular weight is 206 g/mol. The lowest BCUT2D eigenvalue weighted by atomic mass is 9.69. The number of alkyl halides is 1. The van der Waals surface area contributed by atoms with Gasteiger partial charge in [-0.2, -0.15) is 0 Å². The van der Waals surface area contributed by atoms with Crippen LogP contribution in [0.1, 0.15) is 10.4 Å². The number of rotatable bonds is 4. The topological polar surface area (TPSA) is 37.3 Å². The van der Waals surface area contributed by atoms with Crippen LogP contribution in [0.3, 0.4) is 0 Å². The van der Waals surface area contributed by atoms with Crippen LogP contribution in [0.25, 0.3) is 0 Å². The molecule has 0 fully saturated rings. The minimum atomic E-state index is -0.664. The maximum Gasteiger partial charge on any atom is 0.183 e. The minimum Gasteiger partial charge on any atom is -0.507 e. The number of carbonyl (C=O) groups excluding carboxylic acids is 1. The van der Waals surface area contributed by atoms with Gasteiger partial charge in [-0.15, -0.1) is 0 Å². The molecule has 2 nitrogen and oxygen atoms in total. The molecule has 4 heteroatoms. The predicted molar refractivity (Wildman–Crippen MR) is 59.5 cm³/mol. The summed E-state index contributed by atoms with van der Waals surface area (Å²) in [4.78, 5) is 11.8. The molecule has 0 spiro atoms. The smallest absolute Gasteiger partial charge is 0.183 e. The minimum absolute atomic E-state index is 0.0688. The van der Waals surface area contributed by atoms with Crippen LogP contribution in [0.4, 0.5) is 4.39 Å². The molecular formula is C11H12BFO2. The number of halogens is 1. The van der Waals surface area contributed by atoms with Gasteiger partial charge < -0.3 is 5.11 Å². The first-order valence-corrected chi connectivity index (χ1v) is 4.78. The number of ketones is 1. The quantitative estimate of drug-likeness (QED) is 0.464. The zero-order chi connectivity index (χ0) is 11.3. The van der Waals surface area contributed by atoms with Crippen molar-refractivity contribution in [2.75, 3.05) is 6.67 Å². The summed E-state index contributed by atoms with van der Waals surface area (Å²) in [7, 11) is 0.455. The highest BCUT2D eigenvalue weighted by Crippen LogP contribution is 2.19. The van der Waals surface area contributed by atoms with Gasteiger partial charge in [-0.05, 0) is 17.6 Å². The summed E-state index contributed by atoms with van der Waals surface area (Å²) in [6.45, 7) is 1.11. The molecule has 0 atom stereocenters. The molecule has 1 aromatic rings. The van der Waals surface area contributed by atoms with Crippen LogP contribution in [-0.2, 0) is 0 Å². The molecule has 1 rings (SSSR count). The van der Waals surface area contributed by atoms with E-state index < -0.39 is 6.67 Å². The molecule has 0 aromatic heterocycles. The van der Waals surface area contributed by atoms with Gasteiger partial charge in [0, 0.05) is 0 Å². The second-order valence-electron chi connectivity index (χ2n) is 3.08. The van der Waals surface area contributed by atoms with Crippen molar-refractivity contribution in [3.05, 3.63) is 41.4 Å². The van der Waals surface area contributed by atoms with Crippen molar-refractivity contribution in [3.63, 3.8) is 0 Å². The molecular weight excluding hydrogens is 194 g/mol. The number of hydrogen-bond donors (Lipinski definition) is 1. The fraction of sp³-hybridized carbons (Fsp3) is 0.182. The third kappa shape index (κ3) is 2.69. The number of para-hydroxylation sites is 1. The molecule has 1 N–H and O–H groups in total. The number of Topliss-reactive ketones (excluding diaryl/α,β-unsaturated/α-hetero) is 1. The molecule has 0 aliphatic rings. The Morgan fingerprint density at radius 2 is 2.20 bits per heavy atom. The van der Waals surface area contributed by atoms with Crippen LogP contribution in [0.5, 0.6) is 5.75 Å². The fourth-order valence-corrected chi connectivity index (χ4v) is 1.33. The first-order chi connectivity index (χ1) is 7.20. The van der Waals surface area contributed by atoms with Gasteiger partial charge in [-0.1, -0.05) is 25.0 Å². The Labute approximate surface area is 88.7 Å². The van der Waals surface area contributed by atoms with Gasteiger partial charge in [0.1, 0.15) is 12.4 Å². The van der Waals surface area contributed by atoms with E-state index in [1.807, 2.05) is 0 Å². The van der Waals surface area contributed by atoms with E-state index >= 15 is 0 Å². The molecule has 0 saturated heterocycles. The number of hydrogen-bond acceptors (Lipinski definition) is 2. The predicted octanol–water partition coefficient (Wildman–Crippen LogP) is 1.91. The van der Waals surface area contributed by atoms with E-state index in [0.717, 1.165) is 0 Å². The molecule has 0 bridgehead atoms. The Hall–Kier alpha value is -1.58. The Morgan fingerprint density at radius 1 is 1.53 bits per heavy atom. The number of phenols is 1. The Kier molecular flexibility index (Phi) is 4.09. The van der Waals surface area contributed by atoms with Gasteiger partial charge in [-0.25, -0.2) is 4.39 Å². The van der Waals surface area contributed by atoms with E-state index in [9.17, 15) is 14.3 Å². The molecule has 0 radical (unpaired) electrons. The summed E-state index contributed by atoms with van der Waals surface area (Å²) in [5.74, 6) is -0.381. The van der Waals surface area contributed by atoms with Crippen molar-refractivity contribution >= 4 is 13.1 Å². The number of allylic oxidation sites excluding steroid dienone is 2. The van der Waals surface area contributed by atoms with Crippen LogP contribution < -0.4 is 0 Å². The van der Waals surface area contributed by atoms with Crippen LogP contribution in [0.2, 0.25) is 6.82 Å². The maximum absolute atomic E-state index is 12.1. The third-order valence-electron chi connectivity index (χ3n) is 2.14. The molecule has 0 amide bonds. The lowest BCUT2D eigenvalue weighted by Crippen LogP contribution is -2.08. The lowest BCUT2D eigenvalue weighted by molar-refractivity contribution is 0.103. The van der Waals surface area contributed by atoms with Crippen molar-refractivity contribution in [2.45, 2.75) is 6.82 Å². The molecule has 78 valence electrons. The van der Waals surface area contributed by atoms with Gasteiger partial charge in [-0.3, -0.25) is 4.79 Å². The highest BCUT2D eigenvalue weighted by atomic mass is 19.1. The maximum atomic E-state index is 12.1. The summed E-state index contributed by atoms with van der Waals surface area (Å²) in [5, 5.41) is 9.45. The third-order valence-corrected chi connectivity index (χ3v) is 2.14. The van der Waals surface area contributed by atoms with Crippen LogP contribution in [0, 0.1) is 0 Å². The van der Waals surface area contributed by atoms with Crippen molar-refractivity contribution < 1.29 is 14.3 Å². The van der Waals surface area contributed by atoms with E-state index in [1.165, 1.54) is 18.2 Å². The van der Waals surface area contributed by atoms with E-state index in [4.69, 9.17) is 0 Å². The van der Waals surface area contributed by atoms with Crippen LogP contribution in [0.15, 0.2) is 35.8 Å². The van der Waals surface area contributed by atoms with Gasteiger partial charge in [0.25, 0.3) is 0 Å². The first kappa shape index (κ1) is 11.5. The zero-order valence-corrected chi connectivity index (χ0v) is 8.53. The van der Waals surface area contributed by atoms with Crippen molar-refractivity contribution in [1.82, 2.24) is 0 Å². The van der Waals surface area contributed by atoms with Crippen LogP contribution >= 0.6 is 0 Å². The molecule has 0 saturated carbocycles. The van der Waals surface area contributed by atoms with E-state index in [-0.39, 0.29) is 17.1 Å². The SMILES string of the molecule is CB/C(=C\CF)C(=O)c1ccccc1O. The Balaban J connectivity index is 3.04.